The highest BCUT2D eigenvalue weighted by Crippen LogP contribution is 2.31. The molecule has 0 amide bonds. The second-order valence-corrected chi connectivity index (χ2v) is 3.97. The van der Waals surface area contributed by atoms with Gasteiger partial charge in [0, 0.05) is 13.1 Å². The molecule has 0 aliphatic heterocycles. The first-order valence-corrected chi connectivity index (χ1v) is 5.84. The zero-order valence-electron chi connectivity index (χ0n) is 10.2. The van der Waals surface area contributed by atoms with Crippen LogP contribution < -0.4 is 5.73 Å². The molecule has 1 aromatic heterocycles. The summed E-state index contributed by atoms with van der Waals surface area (Å²) < 4.78 is 45.0. The van der Waals surface area contributed by atoms with Crippen LogP contribution in [0.2, 0.25) is 0 Å². The Bertz CT molecular complexity index is 551. The number of aromatic nitrogens is 2. The topological polar surface area (TPSA) is 53.1 Å². The molecule has 0 atom stereocenters. The fourth-order valence-electron chi connectivity index (χ4n) is 1.86. The fraction of sp³-hybridized carbons (Fsp3) is 0.417. The Morgan fingerprint density at radius 2 is 1.95 bits per heavy atom. The summed E-state index contributed by atoms with van der Waals surface area (Å²) in [6.07, 6.45) is -4.48. The Morgan fingerprint density at radius 3 is 2.63 bits per heavy atom. The van der Waals surface area contributed by atoms with Gasteiger partial charge in [0.05, 0.1) is 24.2 Å². The molecule has 0 unspecified atom stereocenters. The first-order chi connectivity index (χ1) is 9.04. The van der Waals surface area contributed by atoms with Crippen LogP contribution in [-0.4, -0.2) is 29.3 Å². The fourth-order valence-corrected chi connectivity index (χ4v) is 1.86. The number of alkyl halides is 3. The first-order valence-electron chi connectivity index (χ1n) is 5.84. The lowest BCUT2D eigenvalue weighted by Gasteiger charge is -2.11. The Hall–Kier alpha value is -1.60. The molecule has 1 aromatic carbocycles. The summed E-state index contributed by atoms with van der Waals surface area (Å²) in [6, 6.07) is 6.51. The number of halogens is 3. The van der Waals surface area contributed by atoms with Crippen molar-refractivity contribution in [2.75, 3.05) is 19.8 Å². The predicted octanol–water partition coefficient (Wildman–Crippen LogP) is 2.03. The molecule has 4 nitrogen and oxygen atoms in total. The zero-order chi connectivity index (χ0) is 13.9. The van der Waals surface area contributed by atoms with Crippen LogP contribution in [0.5, 0.6) is 0 Å². The Labute approximate surface area is 108 Å². The summed E-state index contributed by atoms with van der Waals surface area (Å²) in [5, 5.41) is 0. The van der Waals surface area contributed by atoms with E-state index in [4.69, 9.17) is 10.5 Å². The summed E-state index contributed by atoms with van der Waals surface area (Å²) in [6.45, 7) is 0.931. The van der Waals surface area contributed by atoms with Crippen LogP contribution in [-0.2, 0) is 17.5 Å². The molecule has 2 aromatic rings. The van der Waals surface area contributed by atoms with E-state index in [9.17, 15) is 13.2 Å². The molecule has 1 heterocycles. The molecule has 19 heavy (non-hydrogen) atoms. The third-order valence-corrected chi connectivity index (χ3v) is 2.63. The van der Waals surface area contributed by atoms with Crippen molar-refractivity contribution in [1.82, 2.24) is 9.55 Å². The Morgan fingerprint density at radius 1 is 1.21 bits per heavy atom. The molecule has 0 saturated carbocycles. The van der Waals surface area contributed by atoms with Gasteiger partial charge in [-0.05, 0) is 12.1 Å². The summed E-state index contributed by atoms with van der Waals surface area (Å²) in [5.41, 5.74) is 6.03. The van der Waals surface area contributed by atoms with Crippen LogP contribution in [0.3, 0.4) is 0 Å². The Kier molecular flexibility index (Phi) is 4.06. The van der Waals surface area contributed by atoms with Gasteiger partial charge in [-0.15, -0.1) is 0 Å². The van der Waals surface area contributed by atoms with E-state index in [1.165, 1.54) is 0 Å². The molecule has 0 bridgehead atoms. The minimum absolute atomic E-state index is 0.0926. The normalized spacial score (nSPS) is 12.2. The largest absolute Gasteiger partial charge is 0.449 e. The van der Waals surface area contributed by atoms with E-state index >= 15 is 0 Å². The maximum atomic E-state index is 12.9. The average molecular weight is 273 g/mol. The van der Waals surface area contributed by atoms with E-state index in [0.717, 1.165) is 4.57 Å². The van der Waals surface area contributed by atoms with Crippen molar-refractivity contribution in [2.24, 2.45) is 5.73 Å². The second-order valence-electron chi connectivity index (χ2n) is 3.97. The van der Waals surface area contributed by atoms with E-state index in [0.29, 0.717) is 24.2 Å². The number of para-hydroxylation sites is 2. The molecule has 2 rings (SSSR count). The van der Waals surface area contributed by atoms with Crippen molar-refractivity contribution in [3.63, 3.8) is 0 Å². The number of hydrogen-bond donors (Lipinski definition) is 1. The molecule has 7 heteroatoms. The van der Waals surface area contributed by atoms with Gasteiger partial charge in [-0.3, -0.25) is 0 Å². The van der Waals surface area contributed by atoms with Gasteiger partial charge >= 0.3 is 6.18 Å². The highest BCUT2D eigenvalue weighted by molar-refractivity contribution is 5.76. The molecular weight excluding hydrogens is 259 g/mol. The van der Waals surface area contributed by atoms with Gasteiger partial charge in [-0.1, -0.05) is 12.1 Å². The minimum Gasteiger partial charge on any atom is -0.378 e. The zero-order valence-corrected chi connectivity index (χ0v) is 10.2. The summed E-state index contributed by atoms with van der Waals surface area (Å²) in [4.78, 5) is 3.64. The highest BCUT2D eigenvalue weighted by atomic mass is 19.4. The molecule has 0 radical (unpaired) electrons. The van der Waals surface area contributed by atoms with Crippen LogP contribution in [0.1, 0.15) is 5.82 Å². The third-order valence-electron chi connectivity index (χ3n) is 2.63. The van der Waals surface area contributed by atoms with E-state index in [1.54, 1.807) is 24.3 Å². The SMILES string of the molecule is NCCOCCn1c(C(F)(F)F)nc2ccccc21. The number of hydrogen-bond acceptors (Lipinski definition) is 3. The number of fused-ring (bicyclic) bond motifs is 1. The average Bonchev–Trinajstić information content (AvgIpc) is 2.74. The quantitative estimate of drug-likeness (QED) is 0.848. The molecule has 2 N–H and O–H groups in total. The van der Waals surface area contributed by atoms with Gasteiger partial charge in [0.1, 0.15) is 0 Å². The molecule has 0 spiro atoms. The van der Waals surface area contributed by atoms with E-state index in [1.807, 2.05) is 0 Å². The van der Waals surface area contributed by atoms with Gasteiger partial charge in [-0.2, -0.15) is 13.2 Å². The molecule has 104 valence electrons. The smallest absolute Gasteiger partial charge is 0.378 e. The lowest BCUT2D eigenvalue weighted by molar-refractivity contribution is -0.147. The lowest BCUT2D eigenvalue weighted by Crippen LogP contribution is -2.18. The van der Waals surface area contributed by atoms with Crippen molar-refractivity contribution in [3.05, 3.63) is 30.1 Å². The Balaban J connectivity index is 2.32. The van der Waals surface area contributed by atoms with Crippen LogP contribution in [0, 0.1) is 0 Å². The van der Waals surface area contributed by atoms with E-state index in [2.05, 4.69) is 4.98 Å². The predicted molar refractivity (Wildman–Crippen MR) is 64.6 cm³/mol. The number of imidazole rings is 1. The van der Waals surface area contributed by atoms with Gasteiger partial charge < -0.3 is 15.0 Å². The third kappa shape index (κ3) is 3.05. The number of rotatable bonds is 5. The monoisotopic (exact) mass is 273 g/mol. The molecule has 0 aliphatic rings. The van der Waals surface area contributed by atoms with Crippen molar-refractivity contribution < 1.29 is 17.9 Å². The summed E-state index contributed by atoms with van der Waals surface area (Å²) >= 11 is 0. The summed E-state index contributed by atoms with van der Waals surface area (Å²) in [7, 11) is 0. The summed E-state index contributed by atoms with van der Waals surface area (Å²) in [5.74, 6) is -0.898. The standard InChI is InChI=1S/C12H14F3N3O/c13-12(14,15)11-17-9-3-1-2-4-10(9)18(11)6-8-19-7-5-16/h1-4H,5-8,16H2. The highest BCUT2D eigenvalue weighted by Gasteiger charge is 2.37. The maximum absolute atomic E-state index is 12.9. The first kappa shape index (κ1) is 13.8. The molecule has 0 aliphatic carbocycles. The van der Waals surface area contributed by atoms with Gasteiger partial charge in [-0.25, -0.2) is 4.98 Å². The van der Waals surface area contributed by atoms with Gasteiger partial charge in [0.2, 0.25) is 5.82 Å². The van der Waals surface area contributed by atoms with Crippen LogP contribution >= 0.6 is 0 Å². The minimum atomic E-state index is -4.48. The lowest BCUT2D eigenvalue weighted by atomic mass is 10.3. The molecular formula is C12H14F3N3O. The van der Waals surface area contributed by atoms with Gasteiger partial charge in [0.15, 0.2) is 0 Å². The van der Waals surface area contributed by atoms with Gasteiger partial charge in [0.25, 0.3) is 0 Å². The van der Waals surface area contributed by atoms with Crippen molar-refractivity contribution in [3.8, 4) is 0 Å². The van der Waals surface area contributed by atoms with Crippen molar-refractivity contribution in [1.29, 1.82) is 0 Å². The molecule has 0 fully saturated rings. The van der Waals surface area contributed by atoms with E-state index in [-0.39, 0.29) is 13.2 Å². The number of benzene rings is 1. The maximum Gasteiger partial charge on any atom is 0.449 e. The van der Waals surface area contributed by atoms with Crippen LogP contribution in [0.4, 0.5) is 13.2 Å². The number of nitrogens with zero attached hydrogens (tertiary/aromatic N) is 2. The van der Waals surface area contributed by atoms with Crippen LogP contribution in [0.25, 0.3) is 11.0 Å². The van der Waals surface area contributed by atoms with E-state index < -0.39 is 12.0 Å². The second kappa shape index (κ2) is 5.58. The molecule has 0 saturated heterocycles. The van der Waals surface area contributed by atoms with Crippen molar-refractivity contribution >= 4 is 11.0 Å². The van der Waals surface area contributed by atoms with Crippen LogP contribution in [0.15, 0.2) is 24.3 Å². The number of nitrogens with two attached hydrogens (primary N) is 1. The number of ether oxygens (including phenoxy) is 1. The van der Waals surface area contributed by atoms with Crippen molar-refractivity contribution in [2.45, 2.75) is 12.7 Å².